The molecule has 4 heteroatoms. The summed E-state index contributed by atoms with van der Waals surface area (Å²) in [5.41, 5.74) is 3.08. The van der Waals surface area contributed by atoms with Gasteiger partial charge in [-0.25, -0.2) is 0 Å². The Balaban J connectivity index is 1.64. The molecule has 4 nitrogen and oxygen atoms in total. The molecule has 1 saturated heterocycles. The quantitative estimate of drug-likeness (QED) is 0.928. The molecule has 1 N–H and O–H groups in total. The molecule has 0 aromatic heterocycles. The number of carbonyl (C=O) groups is 2. The first-order valence-electron chi connectivity index (χ1n) is 7.71. The fraction of sp³-hybridized carbons (Fsp3) is 0.529. The van der Waals surface area contributed by atoms with Gasteiger partial charge in [-0.05, 0) is 56.4 Å². The van der Waals surface area contributed by atoms with E-state index in [1.54, 1.807) is 0 Å². The maximum absolute atomic E-state index is 12.4. The Kier molecular flexibility index (Phi) is 3.70. The van der Waals surface area contributed by atoms with Gasteiger partial charge >= 0.3 is 0 Å². The molecule has 1 saturated carbocycles. The van der Waals surface area contributed by atoms with E-state index < -0.39 is 0 Å². The summed E-state index contributed by atoms with van der Waals surface area (Å²) in [6.45, 7) is 4.61. The molecule has 21 heavy (non-hydrogen) atoms. The summed E-state index contributed by atoms with van der Waals surface area (Å²) >= 11 is 0. The second-order valence-corrected chi connectivity index (χ2v) is 6.40. The highest BCUT2D eigenvalue weighted by atomic mass is 16.2. The van der Waals surface area contributed by atoms with Crippen LogP contribution in [0, 0.1) is 19.8 Å². The van der Waals surface area contributed by atoms with Crippen molar-refractivity contribution in [2.75, 3.05) is 11.9 Å². The Labute approximate surface area is 125 Å². The number of nitrogens with one attached hydrogen (secondary N) is 1. The SMILES string of the molecule is Cc1cc(C)cc(NC(=O)C2CC(=O)N(C3CCC3)C2)c1. The summed E-state index contributed by atoms with van der Waals surface area (Å²) in [6, 6.07) is 6.39. The molecule has 0 spiro atoms. The lowest BCUT2D eigenvalue weighted by Gasteiger charge is -2.34. The van der Waals surface area contributed by atoms with Crippen molar-refractivity contribution in [2.45, 2.75) is 45.6 Å². The first-order valence-corrected chi connectivity index (χ1v) is 7.71. The first kappa shape index (κ1) is 14.1. The molecule has 1 aromatic rings. The van der Waals surface area contributed by atoms with Crippen LogP contribution in [-0.2, 0) is 9.59 Å². The van der Waals surface area contributed by atoms with E-state index in [0.717, 1.165) is 29.7 Å². The lowest BCUT2D eigenvalue weighted by atomic mass is 9.92. The summed E-state index contributed by atoms with van der Waals surface area (Å²) in [5, 5.41) is 2.96. The minimum absolute atomic E-state index is 0.0322. The van der Waals surface area contributed by atoms with Crippen molar-refractivity contribution in [3.8, 4) is 0 Å². The average Bonchev–Trinajstić information content (AvgIpc) is 2.68. The van der Waals surface area contributed by atoms with Crippen LogP contribution in [0.5, 0.6) is 0 Å². The van der Waals surface area contributed by atoms with Crippen molar-refractivity contribution < 1.29 is 9.59 Å². The van der Waals surface area contributed by atoms with Gasteiger partial charge in [0.2, 0.25) is 11.8 Å². The zero-order chi connectivity index (χ0) is 15.0. The van der Waals surface area contributed by atoms with Crippen molar-refractivity contribution in [2.24, 2.45) is 5.92 Å². The third-order valence-electron chi connectivity index (χ3n) is 4.53. The van der Waals surface area contributed by atoms with E-state index in [1.807, 2.05) is 30.9 Å². The number of nitrogens with zero attached hydrogens (tertiary/aromatic N) is 1. The van der Waals surface area contributed by atoms with Crippen molar-refractivity contribution >= 4 is 17.5 Å². The molecule has 3 rings (SSSR count). The lowest BCUT2D eigenvalue weighted by molar-refractivity contribution is -0.131. The Morgan fingerprint density at radius 3 is 2.43 bits per heavy atom. The molecule has 2 aliphatic rings. The third kappa shape index (κ3) is 2.94. The van der Waals surface area contributed by atoms with Crippen LogP contribution in [0.15, 0.2) is 18.2 Å². The molecule has 1 aliphatic heterocycles. The number of hydrogen-bond acceptors (Lipinski definition) is 2. The number of anilines is 1. The van der Waals surface area contributed by atoms with Gasteiger partial charge in [0.15, 0.2) is 0 Å². The van der Waals surface area contributed by atoms with Crippen LogP contribution in [0.25, 0.3) is 0 Å². The number of likely N-dealkylation sites (tertiary alicyclic amines) is 1. The summed E-state index contributed by atoms with van der Waals surface area (Å²) in [7, 11) is 0. The van der Waals surface area contributed by atoms with Gasteiger partial charge in [0, 0.05) is 24.7 Å². The van der Waals surface area contributed by atoms with Crippen LogP contribution in [-0.4, -0.2) is 29.3 Å². The second kappa shape index (κ2) is 5.51. The molecular weight excluding hydrogens is 264 g/mol. The normalized spacial score (nSPS) is 22.3. The highest BCUT2D eigenvalue weighted by molar-refractivity contribution is 5.97. The predicted octanol–water partition coefficient (Wildman–Crippen LogP) is 2.64. The van der Waals surface area contributed by atoms with Crippen molar-refractivity contribution in [1.82, 2.24) is 4.90 Å². The first-order chi connectivity index (χ1) is 10.0. The zero-order valence-corrected chi connectivity index (χ0v) is 12.7. The Morgan fingerprint density at radius 1 is 1.19 bits per heavy atom. The summed E-state index contributed by atoms with van der Waals surface area (Å²) in [5.74, 6) is -0.102. The highest BCUT2D eigenvalue weighted by Crippen LogP contribution is 2.31. The fourth-order valence-electron chi connectivity index (χ4n) is 3.25. The van der Waals surface area contributed by atoms with Gasteiger partial charge in [0.25, 0.3) is 0 Å². The number of rotatable bonds is 3. The molecule has 112 valence electrons. The van der Waals surface area contributed by atoms with E-state index in [2.05, 4.69) is 11.4 Å². The summed E-state index contributed by atoms with van der Waals surface area (Å²) < 4.78 is 0. The summed E-state index contributed by atoms with van der Waals surface area (Å²) in [4.78, 5) is 26.3. The molecule has 1 heterocycles. The second-order valence-electron chi connectivity index (χ2n) is 6.40. The van der Waals surface area contributed by atoms with Crippen LogP contribution in [0.3, 0.4) is 0 Å². The average molecular weight is 286 g/mol. The van der Waals surface area contributed by atoms with Crippen LogP contribution in [0.2, 0.25) is 0 Å². The van der Waals surface area contributed by atoms with E-state index in [-0.39, 0.29) is 17.7 Å². The monoisotopic (exact) mass is 286 g/mol. The number of benzene rings is 1. The van der Waals surface area contributed by atoms with Gasteiger partial charge in [-0.1, -0.05) is 6.07 Å². The Hall–Kier alpha value is -1.84. The van der Waals surface area contributed by atoms with Gasteiger partial charge in [-0.15, -0.1) is 0 Å². The standard InChI is InChI=1S/C17H22N2O2/c1-11-6-12(2)8-14(7-11)18-17(21)13-9-16(20)19(10-13)15-4-3-5-15/h6-8,13,15H,3-5,9-10H2,1-2H3,(H,18,21). The Morgan fingerprint density at radius 2 is 1.86 bits per heavy atom. The van der Waals surface area contributed by atoms with Crippen molar-refractivity contribution in [1.29, 1.82) is 0 Å². The van der Waals surface area contributed by atoms with E-state index in [0.29, 0.717) is 19.0 Å². The smallest absolute Gasteiger partial charge is 0.229 e. The molecule has 1 atom stereocenters. The van der Waals surface area contributed by atoms with Gasteiger partial charge in [0.1, 0.15) is 0 Å². The van der Waals surface area contributed by atoms with Gasteiger partial charge in [-0.2, -0.15) is 0 Å². The van der Waals surface area contributed by atoms with E-state index >= 15 is 0 Å². The molecule has 2 fully saturated rings. The van der Waals surface area contributed by atoms with Crippen LogP contribution in [0.1, 0.15) is 36.8 Å². The van der Waals surface area contributed by atoms with E-state index in [9.17, 15) is 9.59 Å². The zero-order valence-electron chi connectivity index (χ0n) is 12.7. The maximum atomic E-state index is 12.4. The molecule has 0 bridgehead atoms. The van der Waals surface area contributed by atoms with Crippen molar-refractivity contribution in [3.05, 3.63) is 29.3 Å². The van der Waals surface area contributed by atoms with Gasteiger partial charge in [-0.3, -0.25) is 9.59 Å². The highest BCUT2D eigenvalue weighted by Gasteiger charge is 2.39. The van der Waals surface area contributed by atoms with Gasteiger partial charge < -0.3 is 10.2 Å². The Bertz CT molecular complexity index is 558. The minimum Gasteiger partial charge on any atom is -0.339 e. The topological polar surface area (TPSA) is 49.4 Å². The van der Waals surface area contributed by atoms with Crippen LogP contribution in [0.4, 0.5) is 5.69 Å². The number of carbonyl (C=O) groups excluding carboxylic acids is 2. The molecule has 0 radical (unpaired) electrons. The van der Waals surface area contributed by atoms with Crippen molar-refractivity contribution in [3.63, 3.8) is 0 Å². The molecule has 2 amide bonds. The van der Waals surface area contributed by atoms with E-state index in [1.165, 1.54) is 6.42 Å². The molecular formula is C17H22N2O2. The van der Waals surface area contributed by atoms with E-state index in [4.69, 9.17) is 0 Å². The number of aryl methyl sites for hydroxylation is 2. The molecule has 1 aromatic carbocycles. The molecule has 1 aliphatic carbocycles. The van der Waals surface area contributed by atoms with Crippen LogP contribution >= 0.6 is 0 Å². The molecule has 1 unspecified atom stereocenters. The largest absolute Gasteiger partial charge is 0.339 e. The predicted molar refractivity (Wildman–Crippen MR) is 82.0 cm³/mol. The van der Waals surface area contributed by atoms with Crippen LogP contribution < -0.4 is 5.32 Å². The fourth-order valence-corrected chi connectivity index (χ4v) is 3.25. The third-order valence-corrected chi connectivity index (χ3v) is 4.53. The minimum atomic E-state index is -0.209. The number of hydrogen-bond donors (Lipinski definition) is 1. The lowest BCUT2D eigenvalue weighted by Crippen LogP contribution is -2.41. The van der Waals surface area contributed by atoms with Gasteiger partial charge in [0.05, 0.1) is 5.92 Å². The number of amides is 2. The summed E-state index contributed by atoms with van der Waals surface area (Å²) in [6.07, 6.45) is 3.75. The maximum Gasteiger partial charge on any atom is 0.229 e.